The fraction of sp³-hybridized carbons (Fsp3) is 0.500. The summed E-state index contributed by atoms with van der Waals surface area (Å²) in [5.74, 6) is 0.657. The minimum atomic E-state index is 0.233. The molecule has 1 aromatic carbocycles. The van der Waals surface area contributed by atoms with Gasteiger partial charge in [-0.1, -0.05) is 37.6 Å². The van der Waals surface area contributed by atoms with Gasteiger partial charge < -0.3 is 0 Å². The van der Waals surface area contributed by atoms with Gasteiger partial charge in [-0.25, -0.2) is 0 Å². The van der Waals surface area contributed by atoms with Crippen molar-refractivity contribution in [1.82, 2.24) is 0 Å². The zero-order valence-electron chi connectivity index (χ0n) is 8.63. The standard InChI is InChI=1S/C12H16Cl2/c1-9(2)7-12(14)8-10-3-5-11(13)6-4-10/h3-6,9,12H,7-8H2,1-2H3. The number of benzene rings is 1. The molecule has 78 valence electrons. The quantitative estimate of drug-likeness (QED) is 0.667. The van der Waals surface area contributed by atoms with Crippen molar-refractivity contribution in [2.24, 2.45) is 5.92 Å². The van der Waals surface area contributed by atoms with Crippen molar-refractivity contribution >= 4 is 23.2 Å². The van der Waals surface area contributed by atoms with Crippen LogP contribution in [0.25, 0.3) is 0 Å². The molecule has 1 aromatic rings. The van der Waals surface area contributed by atoms with Crippen LogP contribution in [-0.2, 0) is 6.42 Å². The third-order valence-corrected chi connectivity index (χ3v) is 2.68. The Morgan fingerprint density at radius 1 is 1.14 bits per heavy atom. The molecule has 0 amide bonds. The summed E-state index contributed by atoms with van der Waals surface area (Å²) in [5, 5.41) is 1.01. The van der Waals surface area contributed by atoms with E-state index in [1.54, 1.807) is 0 Å². The first-order valence-corrected chi connectivity index (χ1v) is 5.78. The number of hydrogen-bond donors (Lipinski definition) is 0. The van der Waals surface area contributed by atoms with Gasteiger partial charge in [-0.15, -0.1) is 11.6 Å². The van der Waals surface area contributed by atoms with E-state index in [2.05, 4.69) is 13.8 Å². The molecule has 0 radical (unpaired) electrons. The third kappa shape index (κ3) is 4.34. The second-order valence-corrected chi connectivity index (χ2v) is 5.11. The SMILES string of the molecule is CC(C)CC(Cl)Cc1ccc(Cl)cc1. The largest absolute Gasteiger partial charge is 0.123 e. The van der Waals surface area contributed by atoms with Crippen LogP contribution >= 0.6 is 23.2 Å². The van der Waals surface area contributed by atoms with Crippen LogP contribution in [0.15, 0.2) is 24.3 Å². The zero-order chi connectivity index (χ0) is 10.6. The summed E-state index contributed by atoms with van der Waals surface area (Å²) in [5.41, 5.74) is 1.26. The fourth-order valence-electron chi connectivity index (χ4n) is 1.47. The minimum absolute atomic E-state index is 0.233. The molecule has 0 fully saturated rings. The average molecular weight is 231 g/mol. The predicted molar refractivity (Wildman–Crippen MR) is 64.3 cm³/mol. The number of rotatable bonds is 4. The molecular weight excluding hydrogens is 215 g/mol. The smallest absolute Gasteiger partial charge is 0.0406 e. The van der Waals surface area contributed by atoms with Crippen LogP contribution in [0.2, 0.25) is 5.02 Å². The van der Waals surface area contributed by atoms with Gasteiger partial charge in [0.2, 0.25) is 0 Å². The molecule has 0 spiro atoms. The topological polar surface area (TPSA) is 0 Å². The van der Waals surface area contributed by atoms with Crippen molar-refractivity contribution in [3.05, 3.63) is 34.9 Å². The molecular formula is C12H16Cl2. The average Bonchev–Trinajstić information content (AvgIpc) is 2.07. The van der Waals surface area contributed by atoms with Crippen molar-refractivity contribution in [3.8, 4) is 0 Å². The highest BCUT2D eigenvalue weighted by Gasteiger charge is 2.07. The van der Waals surface area contributed by atoms with E-state index in [4.69, 9.17) is 23.2 Å². The maximum Gasteiger partial charge on any atom is 0.0406 e. The first kappa shape index (κ1) is 11.9. The molecule has 0 aliphatic carbocycles. The highest BCUT2D eigenvalue weighted by molar-refractivity contribution is 6.30. The van der Waals surface area contributed by atoms with Gasteiger partial charge in [0, 0.05) is 10.4 Å². The van der Waals surface area contributed by atoms with Crippen LogP contribution in [0, 0.1) is 5.92 Å². The van der Waals surface area contributed by atoms with Gasteiger partial charge in [0.15, 0.2) is 0 Å². The first-order chi connectivity index (χ1) is 6.58. The van der Waals surface area contributed by atoms with Gasteiger partial charge in [0.1, 0.15) is 0 Å². The summed E-state index contributed by atoms with van der Waals surface area (Å²) < 4.78 is 0. The molecule has 1 unspecified atom stereocenters. The Balaban J connectivity index is 2.47. The first-order valence-electron chi connectivity index (χ1n) is 4.96. The van der Waals surface area contributed by atoms with Gasteiger partial charge >= 0.3 is 0 Å². The summed E-state index contributed by atoms with van der Waals surface area (Å²) in [6, 6.07) is 7.90. The maximum atomic E-state index is 6.22. The Bertz CT molecular complexity index is 264. The Kier molecular flexibility index (Phi) is 4.77. The van der Waals surface area contributed by atoms with Crippen LogP contribution in [0.5, 0.6) is 0 Å². The number of alkyl halides is 1. The molecule has 1 rings (SSSR count). The lowest BCUT2D eigenvalue weighted by molar-refractivity contribution is 0.561. The van der Waals surface area contributed by atoms with Gasteiger partial charge in [0.05, 0.1) is 0 Å². The number of hydrogen-bond acceptors (Lipinski definition) is 0. The van der Waals surface area contributed by atoms with E-state index in [-0.39, 0.29) is 5.38 Å². The van der Waals surface area contributed by atoms with Crippen LogP contribution in [-0.4, -0.2) is 5.38 Å². The highest BCUT2D eigenvalue weighted by Crippen LogP contribution is 2.17. The van der Waals surface area contributed by atoms with Crippen LogP contribution in [0.4, 0.5) is 0 Å². The predicted octanol–water partition coefficient (Wildman–Crippen LogP) is 4.54. The lowest BCUT2D eigenvalue weighted by atomic mass is 10.0. The van der Waals surface area contributed by atoms with Crippen molar-refractivity contribution in [3.63, 3.8) is 0 Å². The number of halogens is 2. The molecule has 1 atom stereocenters. The van der Waals surface area contributed by atoms with Crippen molar-refractivity contribution in [2.75, 3.05) is 0 Å². The normalized spacial score (nSPS) is 13.2. The minimum Gasteiger partial charge on any atom is -0.123 e. The van der Waals surface area contributed by atoms with Gasteiger partial charge in [-0.2, -0.15) is 0 Å². The van der Waals surface area contributed by atoms with E-state index < -0.39 is 0 Å². The Morgan fingerprint density at radius 2 is 1.71 bits per heavy atom. The van der Waals surface area contributed by atoms with E-state index in [0.29, 0.717) is 5.92 Å². The molecule has 0 saturated heterocycles. The lowest BCUT2D eigenvalue weighted by Crippen LogP contribution is -2.06. The summed E-state index contributed by atoms with van der Waals surface area (Å²) in [4.78, 5) is 0. The molecule has 0 heterocycles. The molecule has 0 aliphatic heterocycles. The van der Waals surface area contributed by atoms with Crippen LogP contribution in [0.3, 0.4) is 0 Å². The molecule has 0 N–H and O–H groups in total. The van der Waals surface area contributed by atoms with E-state index in [9.17, 15) is 0 Å². The van der Waals surface area contributed by atoms with E-state index in [1.165, 1.54) is 5.56 Å². The highest BCUT2D eigenvalue weighted by atomic mass is 35.5. The summed E-state index contributed by atoms with van der Waals surface area (Å²) >= 11 is 12.0. The molecule has 0 bridgehead atoms. The summed E-state index contributed by atoms with van der Waals surface area (Å²) in [6.07, 6.45) is 1.99. The second-order valence-electron chi connectivity index (χ2n) is 4.06. The molecule has 0 saturated carbocycles. The maximum absolute atomic E-state index is 6.22. The third-order valence-electron chi connectivity index (χ3n) is 2.10. The molecule has 0 nitrogen and oxygen atoms in total. The molecule has 2 heteroatoms. The van der Waals surface area contributed by atoms with Crippen LogP contribution in [0.1, 0.15) is 25.8 Å². The van der Waals surface area contributed by atoms with E-state index in [0.717, 1.165) is 17.9 Å². The molecule has 0 aliphatic rings. The van der Waals surface area contributed by atoms with Gasteiger partial charge in [0.25, 0.3) is 0 Å². The van der Waals surface area contributed by atoms with Crippen molar-refractivity contribution in [1.29, 1.82) is 0 Å². The Morgan fingerprint density at radius 3 is 2.21 bits per heavy atom. The molecule has 14 heavy (non-hydrogen) atoms. The van der Waals surface area contributed by atoms with Crippen LogP contribution < -0.4 is 0 Å². The monoisotopic (exact) mass is 230 g/mol. The molecule has 0 aromatic heterocycles. The summed E-state index contributed by atoms with van der Waals surface area (Å²) in [7, 11) is 0. The fourth-order valence-corrected chi connectivity index (χ4v) is 2.13. The Hall–Kier alpha value is -0.200. The second kappa shape index (κ2) is 5.63. The zero-order valence-corrected chi connectivity index (χ0v) is 10.1. The van der Waals surface area contributed by atoms with Gasteiger partial charge in [-0.3, -0.25) is 0 Å². The van der Waals surface area contributed by atoms with Crippen molar-refractivity contribution in [2.45, 2.75) is 32.1 Å². The van der Waals surface area contributed by atoms with Gasteiger partial charge in [-0.05, 0) is 36.5 Å². The van der Waals surface area contributed by atoms with Crippen molar-refractivity contribution < 1.29 is 0 Å². The summed E-state index contributed by atoms with van der Waals surface area (Å²) in [6.45, 7) is 4.38. The van der Waals surface area contributed by atoms with E-state index in [1.807, 2.05) is 24.3 Å². The Labute approximate surface area is 96.2 Å². The lowest BCUT2D eigenvalue weighted by Gasteiger charge is -2.11. The van der Waals surface area contributed by atoms with E-state index >= 15 is 0 Å².